The minimum absolute atomic E-state index is 0.0158. The smallest absolute Gasteiger partial charge is 0.289 e. The van der Waals surface area contributed by atoms with Crippen LogP contribution >= 0.6 is 23.2 Å². The predicted molar refractivity (Wildman–Crippen MR) is 98.6 cm³/mol. The molecule has 1 aliphatic heterocycles. The maximum absolute atomic E-state index is 12.4. The van der Waals surface area contributed by atoms with Gasteiger partial charge in [0.2, 0.25) is 11.8 Å². The van der Waals surface area contributed by atoms with E-state index in [9.17, 15) is 19.7 Å². The first kappa shape index (κ1) is 18.2. The largest absolute Gasteiger partial charge is 0.326 e. The van der Waals surface area contributed by atoms with Gasteiger partial charge in [-0.25, -0.2) is 0 Å². The van der Waals surface area contributed by atoms with Crippen LogP contribution in [-0.2, 0) is 9.59 Å². The monoisotopic (exact) mass is 393 g/mol. The van der Waals surface area contributed by atoms with Crippen molar-refractivity contribution in [2.45, 2.75) is 6.42 Å². The number of carbonyl (C=O) groups excluding carboxylic acids is 2. The van der Waals surface area contributed by atoms with E-state index in [-0.39, 0.29) is 41.2 Å². The van der Waals surface area contributed by atoms with E-state index in [2.05, 4.69) is 5.32 Å². The summed E-state index contributed by atoms with van der Waals surface area (Å²) in [4.78, 5) is 36.5. The molecule has 1 unspecified atom stereocenters. The van der Waals surface area contributed by atoms with E-state index in [1.165, 1.54) is 23.1 Å². The highest BCUT2D eigenvalue weighted by atomic mass is 35.5. The topological polar surface area (TPSA) is 92.5 Å². The number of halogens is 2. The molecule has 0 saturated carbocycles. The third kappa shape index (κ3) is 3.79. The van der Waals surface area contributed by atoms with Crippen molar-refractivity contribution in [3.63, 3.8) is 0 Å². The van der Waals surface area contributed by atoms with Crippen LogP contribution in [0.1, 0.15) is 6.42 Å². The summed E-state index contributed by atoms with van der Waals surface area (Å²) >= 11 is 11.6. The number of rotatable bonds is 4. The number of nitro groups is 1. The summed E-state index contributed by atoms with van der Waals surface area (Å²) in [7, 11) is 0. The number of nitrogens with one attached hydrogen (secondary N) is 1. The van der Waals surface area contributed by atoms with Gasteiger partial charge in [-0.2, -0.15) is 0 Å². The van der Waals surface area contributed by atoms with Crippen LogP contribution in [0.25, 0.3) is 0 Å². The molecule has 9 heteroatoms. The molecule has 26 heavy (non-hydrogen) atoms. The van der Waals surface area contributed by atoms with E-state index in [1.54, 1.807) is 24.3 Å². The summed E-state index contributed by atoms with van der Waals surface area (Å²) in [5, 5.41) is 14.1. The van der Waals surface area contributed by atoms with Crippen LogP contribution in [0.5, 0.6) is 0 Å². The lowest BCUT2D eigenvalue weighted by atomic mass is 10.1. The number of carbonyl (C=O) groups is 2. The van der Waals surface area contributed by atoms with Gasteiger partial charge in [-0.1, -0.05) is 23.2 Å². The maximum atomic E-state index is 12.4. The van der Waals surface area contributed by atoms with Crippen LogP contribution < -0.4 is 10.2 Å². The number of hydrogen-bond donors (Lipinski definition) is 1. The first-order valence-electron chi connectivity index (χ1n) is 7.66. The molecular formula is C17H13Cl2N3O4. The van der Waals surface area contributed by atoms with E-state index in [0.29, 0.717) is 10.7 Å². The average Bonchev–Trinajstić information content (AvgIpc) is 2.99. The zero-order valence-corrected chi connectivity index (χ0v) is 14.8. The molecule has 2 amide bonds. The molecule has 1 fully saturated rings. The summed E-state index contributed by atoms with van der Waals surface area (Å²) in [6.07, 6.45) is 0.0597. The number of nitrogens with zero attached hydrogens (tertiary/aromatic N) is 2. The van der Waals surface area contributed by atoms with Crippen molar-refractivity contribution in [2.75, 3.05) is 16.8 Å². The van der Waals surface area contributed by atoms with Gasteiger partial charge in [0.15, 0.2) is 0 Å². The fraction of sp³-hybridized carbons (Fsp3) is 0.176. The van der Waals surface area contributed by atoms with Gasteiger partial charge < -0.3 is 10.2 Å². The number of anilines is 2. The van der Waals surface area contributed by atoms with Gasteiger partial charge in [-0.15, -0.1) is 0 Å². The fourth-order valence-corrected chi connectivity index (χ4v) is 3.04. The maximum Gasteiger partial charge on any atom is 0.289 e. The van der Waals surface area contributed by atoms with Gasteiger partial charge in [0, 0.05) is 35.4 Å². The number of nitro benzene ring substituents is 1. The molecule has 1 N–H and O–H groups in total. The third-order valence-corrected chi connectivity index (χ3v) is 4.62. The highest BCUT2D eigenvalue weighted by Gasteiger charge is 2.35. The van der Waals surface area contributed by atoms with Crippen molar-refractivity contribution >= 4 is 52.1 Å². The molecule has 0 radical (unpaired) electrons. The summed E-state index contributed by atoms with van der Waals surface area (Å²) in [6, 6.07) is 10.8. The normalized spacial score (nSPS) is 16.6. The summed E-state index contributed by atoms with van der Waals surface area (Å²) in [5.74, 6) is -1.12. The molecule has 7 nitrogen and oxygen atoms in total. The SMILES string of the molecule is O=C(Nc1ccc(Cl)c([N+](=O)[O-])c1)C1CC(=O)N(c2ccc(Cl)cc2)C1. The first-order chi connectivity index (χ1) is 12.3. The van der Waals surface area contributed by atoms with Crippen LogP contribution in [0.4, 0.5) is 17.1 Å². The van der Waals surface area contributed by atoms with Crippen molar-refractivity contribution in [1.29, 1.82) is 0 Å². The van der Waals surface area contributed by atoms with Gasteiger partial charge in [-0.05, 0) is 36.4 Å². The zero-order valence-electron chi connectivity index (χ0n) is 13.3. The van der Waals surface area contributed by atoms with Crippen molar-refractivity contribution in [2.24, 2.45) is 5.92 Å². The summed E-state index contributed by atoms with van der Waals surface area (Å²) in [6.45, 7) is 0.224. The molecule has 2 aromatic rings. The van der Waals surface area contributed by atoms with Crippen LogP contribution in [0.3, 0.4) is 0 Å². The summed E-state index contributed by atoms with van der Waals surface area (Å²) in [5.41, 5.74) is 0.620. The van der Waals surface area contributed by atoms with E-state index in [1.807, 2.05) is 0 Å². The van der Waals surface area contributed by atoms with Gasteiger partial charge in [0.1, 0.15) is 5.02 Å². The highest BCUT2D eigenvalue weighted by molar-refractivity contribution is 6.32. The Morgan fingerprint density at radius 3 is 2.54 bits per heavy atom. The number of benzene rings is 2. The second-order valence-corrected chi connectivity index (χ2v) is 6.64. The third-order valence-electron chi connectivity index (χ3n) is 4.04. The first-order valence-corrected chi connectivity index (χ1v) is 8.41. The molecule has 1 heterocycles. The Bertz CT molecular complexity index is 886. The lowest BCUT2D eigenvalue weighted by Crippen LogP contribution is -2.28. The molecule has 3 rings (SSSR count). The Labute approximate surface area is 158 Å². The predicted octanol–water partition coefficient (Wildman–Crippen LogP) is 3.89. The van der Waals surface area contributed by atoms with Crippen LogP contribution in [0.2, 0.25) is 10.0 Å². The zero-order chi connectivity index (χ0) is 18.8. The average molecular weight is 394 g/mol. The quantitative estimate of drug-likeness (QED) is 0.629. The van der Waals surface area contributed by atoms with Crippen molar-refractivity contribution < 1.29 is 14.5 Å². The van der Waals surface area contributed by atoms with Gasteiger partial charge in [-0.3, -0.25) is 19.7 Å². The van der Waals surface area contributed by atoms with E-state index in [4.69, 9.17) is 23.2 Å². The Balaban J connectivity index is 1.71. The Morgan fingerprint density at radius 1 is 1.19 bits per heavy atom. The Hall–Kier alpha value is -2.64. The molecule has 0 aliphatic carbocycles. The van der Waals surface area contributed by atoms with Gasteiger partial charge in [0.25, 0.3) is 5.69 Å². The van der Waals surface area contributed by atoms with Crippen molar-refractivity contribution in [1.82, 2.24) is 0 Å². The molecule has 0 spiro atoms. The molecule has 0 bridgehead atoms. The second kappa shape index (κ2) is 7.31. The molecule has 1 atom stereocenters. The van der Waals surface area contributed by atoms with Crippen molar-refractivity contribution in [3.05, 3.63) is 62.6 Å². The molecule has 134 valence electrons. The Kier molecular flexibility index (Phi) is 5.11. The fourth-order valence-electron chi connectivity index (χ4n) is 2.73. The molecule has 1 aliphatic rings. The minimum Gasteiger partial charge on any atom is -0.326 e. The summed E-state index contributed by atoms with van der Waals surface area (Å²) < 4.78 is 0. The number of hydrogen-bond acceptors (Lipinski definition) is 4. The van der Waals surface area contributed by atoms with Crippen LogP contribution in [0.15, 0.2) is 42.5 Å². The lowest BCUT2D eigenvalue weighted by Gasteiger charge is -2.16. The van der Waals surface area contributed by atoms with Gasteiger partial charge >= 0.3 is 0 Å². The minimum atomic E-state index is -0.626. The van der Waals surface area contributed by atoms with Gasteiger partial charge in [0.05, 0.1) is 10.8 Å². The van der Waals surface area contributed by atoms with E-state index >= 15 is 0 Å². The number of amides is 2. The van der Waals surface area contributed by atoms with Crippen LogP contribution in [0, 0.1) is 16.0 Å². The van der Waals surface area contributed by atoms with E-state index in [0.717, 1.165) is 0 Å². The highest BCUT2D eigenvalue weighted by Crippen LogP contribution is 2.29. The molecule has 0 aromatic heterocycles. The molecule has 2 aromatic carbocycles. The lowest BCUT2D eigenvalue weighted by molar-refractivity contribution is -0.384. The molecular weight excluding hydrogens is 381 g/mol. The Morgan fingerprint density at radius 2 is 1.88 bits per heavy atom. The standard InChI is InChI=1S/C17H13Cl2N3O4/c18-11-1-4-13(5-2-11)21-9-10(7-16(21)23)17(24)20-12-3-6-14(19)15(8-12)22(25)26/h1-6,8,10H,7,9H2,(H,20,24). The molecule has 1 saturated heterocycles. The second-order valence-electron chi connectivity index (χ2n) is 5.79. The van der Waals surface area contributed by atoms with Crippen molar-refractivity contribution in [3.8, 4) is 0 Å². The van der Waals surface area contributed by atoms with Crippen LogP contribution in [-0.4, -0.2) is 23.3 Å². The van der Waals surface area contributed by atoms with E-state index < -0.39 is 10.8 Å².